The Morgan fingerprint density at radius 3 is 2.30 bits per heavy atom. The van der Waals surface area contributed by atoms with E-state index in [-0.39, 0.29) is 27.2 Å². The number of aromatic nitrogens is 2. The Bertz CT molecular complexity index is 945. The lowest BCUT2D eigenvalue weighted by molar-refractivity contribution is -0.137. The van der Waals surface area contributed by atoms with Gasteiger partial charge in [-0.05, 0) is 24.6 Å². The Hall–Kier alpha value is -2.50. The van der Waals surface area contributed by atoms with Gasteiger partial charge in [-0.2, -0.15) is 23.5 Å². The smallest absolute Gasteiger partial charge is 0.369 e. The minimum Gasteiger partial charge on any atom is -0.369 e. The Kier molecular flexibility index (Phi) is 5.88. The second kappa shape index (κ2) is 7.62. The summed E-state index contributed by atoms with van der Waals surface area (Å²) in [4.78, 5) is 5.92. The highest BCUT2D eigenvalue weighted by Crippen LogP contribution is 2.40. The number of rotatable bonds is 4. The summed E-state index contributed by atoms with van der Waals surface area (Å²) in [7, 11) is 3.46. The van der Waals surface area contributed by atoms with Gasteiger partial charge in [-0.3, -0.25) is 0 Å². The lowest BCUT2D eigenvalue weighted by Crippen LogP contribution is -2.09. The van der Waals surface area contributed by atoms with Crippen LogP contribution in [0.2, 0.25) is 10.0 Å². The van der Waals surface area contributed by atoms with Crippen LogP contribution < -0.4 is 0 Å². The van der Waals surface area contributed by atoms with Gasteiger partial charge in [-0.1, -0.05) is 29.8 Å². The van der Waals surface area contributed by atoms with Crippen molar-refractivity contribution in [2.24, 2.45) is 4.99 Å². The lowest BCUT2D eigenvalue weighted by atomic mass is 10.1. The number of nitriles is 1. The summed E-state index contributed by atoms with van der Waals surface area (Å²) < 4.78 is 40.1. The van der Waals surface area contributed by atoms with Crippen LogP contribution in [0.15, 0.2) is 23.7 Å². The molecule has 0 spiro atoms. The van der Waals surface area contributed by atoms with Crippen LogP contribution in [0, 0.1) is 11.3 Å². The van der Waals surface area contributed by atoms with Crippen molar-refractivity contribution < 1.29 is 13.2 Å². The van der Waals surface area contributed by atoms with Crippen LogP contribution >= 0.6 is 23.2 Å². The first-order valence-electron chi connectivity index (χ1n) is 7.43. The number of allylic oxidation sites excluding steroid dienone is 1. The SMILES string of the molecule is C=C(C)c1c(C#N)nn(-c2c(Cl)cc(C(F)(F)F)cc2Cl)c1/N=C\N(C)C. The van der Waals surface area contributed by atoms with E-state index in [1.54, 1.807) is 25.9 Å². The zero-order chi connectivity index (χ0) is 20.5. The maximum absolute atomic E-state index is 13.0. The highest BCUT2D eigenvalue weighted by atomic mass is 35.5. The first kappa shape index (κ1) is 20.8. The quantitative estimate of drug-likeness (QED) is 0.501. The molecule has 0 saturated heterocycles. The van der Waals surface area contributed by atoms with Gasteiger partial charge in [0.1, 0.15) is 11.8 Å². The normalized spacial score (nSPS) is 11.7. The number of aliphatic imine (C=N–C) groups is 1. The van der Waals surface area contributed by atoms with Gasteiger partial charge in [0, 0.05) is 14.1 Å². The number of hydrogen-bond acceptors (Lipinski definition) is 3. The van der Waals surface area contributed by atoms with E-state index in [9.17, 15) is 18.4 Å². The summed E-state index contributed by atoms with van der Waals surface area (Å²) in [5, 5.41) is 12.9. The largest absolute Gasteiger partial charge is 0.416 e. The van der Waals surface area contributed by atoms with E-state index < -0.39 is 11.7 Å². The zero-order valence-electron chi connectivity index (χ0n) is 14.6. The van der Waals surface area contributed by atoms with Crippen molar-refractivity contribution in [1.82, 2.24) is 14.7 Å². The van der Waals surface area contributed by atoms with Crippen molar-refractivity contribution in [1.29, 1.82) is 5.26 Å². The van der Waals surface area contributed by atoms with Gasteiger partial charge in [0.25, 0.3) is 0 Å². The van der Waals surface area contributed by atoms with Gasteiger partial charge in [0.2, 0.25) is 0 Å². The van der Waals surface area contributed by atoms with E-state index in [2.05, 4.69) is 16.7 Å². The highest BCUT2D eigenvalue weighted by molar-refractivity contribution is 6.38. The van der Waals surface area contributed by atoms with Crippen LogP contribution in [0.1, 0.15) is 23.7 Å². The average molecular weight is 416 g/mol. The monoisotopic (exact) mass is 415 g/mol. The number of halogens is 5. The molecule has 1 aromatic heterocycles. The van der Waals surface area contributed by atoms with Gasteiger partial charge in [-0.15, -0.1) is 0 Å². The van der Waals surface area contributed by atoms with E-state index in [1.807, 2.05) is 6.07 Å². The fourth-order valence-electron chi connectivity index (χ4n) is 2.26. The van der Waals surface area contributed by atoms with Crippen LogP contribution in [0.5, 0.6) is 0 Å². The second-order valence-electron chi connectivity index (χ2n) is 5.85. The van der Waals surface area contributed by atoms with Gasteiger partial charge < -0.3 is 4.90 Å². The van der Waals surface area contributed by atoms with Gasteiger partial charge in [0.05, 0.1) is 27.5 Å². The van der Waals surface area contributed by atoms with E-state index in [0.29, 0.717) is 11.1 Å². The van der Waals surface area contributed by atoms with Crippen LogP contribution in [-0.4, -0.2) is 35.1 Å². The molecule has 5 nitrogen and oxygen atoms in total. The fourth-order valence-corrected chi connectivity index (χ4v) is 2.90. The Morgan fingerprint density at radius 2 is 1.89 bits per heavy atom. The van der Waals surface area contributed by atoms with E-state index in [0.717, 1.165) is 16.8 Å². The molecular weight excluding hydrogens is 402 g/mol. The van der Waals surface area contributed by atoms with Gasteiger partial charge in [-0.25, -0.2) is 9.67 Å². The zero-order valence-corrected chi connectivity index (χ0v) is 16.1. The molecule has 10 heteroatoms. The molecule has 27 heavy (non-hydrogen) atoms. The standard InChI is InChI=1S/C17H14Cl2F3N5/c1-9(2)14-13(7-23)25-27(16(14)24-8-26(3)4)15-11(18)5-10(6-12(15)19)17(20,21)22/h5-6,8H,1H2,2-4H3/b24-8-. The minimum atomic E-state index is -4.61. The van der Waals surface area contributed by atoms with E-state index in [1.165, 1.54) is 6.34 Å². The number of alkyl halides is 3. The molecule has 0 N–H and O–H groups in total. The second-order valence-corrected chi connectivity index (χ2v) is 6.66. The minimum absolute atomic E-state index is 0.000405. The summed E-state index contributed by atoms with van der Waals surface area (Å²) >= 11 is 12.2. The highest BCUT2D eigenvalue weighted by Gasteiger charge is 2.33. The third-order valence-electron chi connectivity index (χ3n) is 3.36. The van der Waals surface area contributed by atoms with Crippen LogP contribution in [0.3, 0.4) is 0 Å². The molecular formula is C17H14Cl2F3N5. The molecule has 0 amide bonds. The van der Waals surface area contributed by atoms with Crippen molar-refractivity contribution >= 4 is 40.9 Å². The molecule has 2 rings (SSSR count). The molecule has 0 fully saturated rings. The first-order chi connectivity index (χ1) is 12.5. The summed E-state index contributed by atoms with van der Waals surface area (Å²) in [5.74, 6) is 0.177. The van der Waals surface area contributed by atoms with Crippen molar-refractivity contribution in [2.45, 2.75) is 13.1 Å². The molecule has 1 aromatic carbocycles. The Morgan fingerprint density at radius 1 is 1.33 bits per heavy atom. The van der Waals surface area contributed by atoms with Gasteiger partial charge >= 0.3 is 6.18 Å². The molecule has 1 heterocycles. The van der Waals surface area contributed by atoms with Crippen LogP contribution in [0.25, 0.3) is 11.3 Å². The molecule has 0 aliphatic rings. The third kappa shape index (κ3) is 4.26. The maximum Gasteiger partial charge on any atom is 0.416 e. The van der Waals surface area contributed by atoms with Crippen molar-refractivity contribution in [2.75, 3.05) is 14.1 Å². The Balaban J connectivity index is 2.83. The molecule has 0 aliphatic heterocycles. The average Bonchev–Trinajstić information content (AvgIpc) is 2.89. The lowest BCUT2D eigenvalue weighted by Gasteiger charge is -2.14. The van der Waals surface area contributed by atoms with Gasteiger partial charge in [0.15, 0.2) is 11.5 Å². The van der Waals surface area contributed by atoms with E-state index >= 15 is 0 Å². The maximum atomic E-state index is 13.0. The van der Waals surface area contributed by atoms with E-state index in [4.69, 9.17) is 23.2 Å². The molecule has 2 aromatic rings. The summed E-state index contributed by atoms with van der Waals surface area (Å²) in [5.41, 5.74) is -0.153. The molecule has 0 bridgehead atoms. The molecule has 0 atom stereocenters. The van der Waals surface area contributed by atoms with Crippen molar-refractivity contribution in [3.05, 3.63) is 45.6 Å². The summed E-state index contributed by atoms with van der Waals surface area (Å²) in [6.45, 7) is 5.47. The first-order valence-corrected chi connectivity index (χ1v) is 8.19. The van der Waals surface area contributed by atoms with Crippen LogP contribution in [-0.2, 0) is 6.18 Å². The number of nitrogens with zero attached hydrogens (tertiary/aromatic N) is 5. The molecule has 142 valence electrons. The summed E-state index contributed by atoms with van der Waals surface area (Å²) in [6.07, 6.45) is -3.16. The number of hydrogen-bond donors (Lipinski definition) is 0. The predicted molar refractivity (Wildman–Crippen MR) is 99.8 cm³/mol. The molecule has 0 aliphatic carbocycles. The fraction of sp³-hybridized carbons (Fsp3) is 0.235. The molecule has 0 unspecified atom stereocenters. The van der Waals surface area contributed by atoms with Crippen LogP contribution in [0.4, 0.5) is 19.0 Å². The molecule has 0 saturated carbocycles. The third-order valence-corrected chi connectivity index (χ3v) is 3.94. The summed E-state index contributed by atoms with van der Waals surface area (Å²) in [6, 6.07) is 3.42. The Labute approximate surface area is 163 Å². The number of benzene rings is 1. The topological polar surface area (TPSA) is 57.2 Å². The predicted octanol–water partition coefficient (Wildman–Crippen LogP) is 5.32. The van der Waals surface area contributed by atoms with Crippen molar-refractivity contribution in [3.63, 3.8) is 0 Å². The van der Waals surface area contributed by atoms with Crippen molar-refractivity contribution in [3.8, 4) is 11.8 Å². The molecule has 0 radical (unpaired) electrons.